The first-order chi connectivity index (χ1) is 6.81. The van der Waals surface area contributed by atoms with Crippen LogP contribution in [0.25, 0.3) is 0 Å². The lowest BCUT2D eigenvalue weighted by Gasteiger charge is -2.01. The summed E-state index contributed by atoms with van der Waals surface area (Å²) < 4.78 is 5.01. The van der Waals surface area contributed by atoms with E-state index in [2.05, 4.69) is 13.5 Å². The largest absolute Gasteiger partial charge is 0.463 e. The lowest BCUT2D eigenvalue weighted by Crippen LogP contribution is -1.93. The van der Waals surface area contributed by atoms with E-state index in [4.69, 9.17) is 4.74 Å². The molecule has 0 rings (SSSR count). The van der Waals surface area contributed by atoms with Crippen LogP contribution < -0.4 is 0 Å². The van der Waals surface area contributed by atoms with Crippen molar-refractivity contribution in [2.24, 2.45) is 0 Å². The average molecular weight is 197 g/mol. The third-order valence-corrected chi connectivity index (χ3v) is 1.92. The zero-order valence-corrected chi connectivity index (χ0v) is 9.13. The molecular formula is C12H21O2. The Bertz CT molecular complexity index is 162. The summed E-state index contributed by atoms with van der Waals surface area (Å²) in [7, 11) is 0. The fraction of sp³-hybridized carbons (Fsp3) is 0.667. The summed E-state index contributed by atoms with van der Waals surface area (Å²) in [5.74, 6) is -0.169. The monoisotopic (exact) mass is 197 g/mol. The lowest BCUT2D eigenvalue weighted by molar-refractivity contribution is 0.0501. The molecule has 0 aliphatic rings. The highest BCUT2D eigenvalue weighted by molar-refractivity contribution is 4.80. The van der Waals surface area contributed by atoms with Crippen LogP contribution >= 0.6 is 0 Å². The quantitative estimate of drug-likeness (QED) is 0.314. The number of allylic oxidation sites excluding steroid dienone is 2. The van der Waals surface area contributed by atoms with Crippen LogP contribution in [0.3, 0.4) is 0 Å². The summed E-state index contributed by atoms with van der Waals surface area (Å²) in [6.07, 6.45) is 9.51. The van der Waals surface area contributed by atoms with Crippen LogP contribution in [-0.4, -0.2) is 6.61 Å². The van der Waals surface area contributed by atoms with Gasteiger partial charge in [-0.2, -0.15) is 0 Å². The molecule has 0 aliphatic carbocycles. The number of ether oxygens (including phenoxy) is 1. The molecule has 0 aromatic heterocycles. The zero-order valence-electron chi connectivity index (χ0n) is 9.13. The fourth-order valence-corrected chi connectivity index (χ4v) is 1.05. The van der Waals surface area contributed by atoms with Crippen molar-refractivity contribution in [3.05, 3.63) is 24.7 Å². The summed E-state index contributed by atoms with van der Waals surface area (Å²) in [4.78, 5) is 0. The minimum absolute atomic E-state index is 0.169. The van der Waals surface area contributed by atoms with Crippen LogP contribution in [0.4, 0.5) is 0 Å². The SMILES string of the molecule is C=CCCCCOC([O])=CCCCC. The molecule has 0 saturated heterocycles. The Labute approximate surface area is 87.3 Å². The maximum Gasteiger partial charge on any atom is 0.326 e. The first-order valence-corrected chi connectivity index (χ1v) is 5.42. The molecule has 0 aliphatic heterocycles. The number of unbranched alkanes of at least 4 members (excludes halogenated alkanes) is 4. The van der Waals surface area contributed by atoms with Crippen LogP contribution in [-0.2, 0) is 9.84 Å². The maximum atomic E-state index is 11.1. The predicted molar refractivity (Wildman–Crippen MR) is 58.3 cm³/mol. The van der Waals surface area contributed by atoms with Gasteiger partial charge >= 0.3 is 5.95 Å². The van der Waals surface area contributed by atoms with Crippen molar-refractivity contribution in [1.29, 1.82) is 0 Å². The van der Waals surface area contributed by atoms with Gasteiger partial charge < -0.3 is 4.74 Å². The molecule has 0 unspecified atom stereocenters. The highest BCUT2D eigenvalue weighted by Crippen LogP contribution is 2.03. The molecule has 81 valence electrons. The second kappa shape index (κ2) is 10.2. The molecule has 1 radical (unpaired) electrons. The number of rotatable bonds is 9. The Kier molecular flexibility index (Phi) is 9.49. The Morgan fingerprint density at radius 1 is 1.29 bits per heavy atom. The second-order valence-electron chi connectivity index (χ2n) is 3.30. The third-order valence-electron chi connectivity index (χ3n) is 1.92. The third kappa shape index (κ3) is 9.17. The molecule has 0 heterocycles. The Hall–Kier alpha value is -0.920. The van der Waals surface area contributed by atoms with Crippen molar-refractivity contribution >= 4 is 0 Å². The summed E-state index contributed by atoms with van der Waals surface area (Å²) in [5, 5.41) is 11.1. The van der Waals surface area contributed by atoms with E-state index in [1.54, 1.807) is 6.08 Å². The minimum atomic E-state index is -0.169. The molecule has 0 saturated carbocycles. The van der Waals surface area contributed by atoms with E-state index in [0.717, 1.165) is 38.5 Å². The average Bonchev–Trinajstić information content (AvgIpc) is 2.18. The minimum Gasteiger partial charge on any atom is -0.463 e. The summed E-state index contributed by atoms with van der Waals surface area (Å²) in [6, 6.07) is 0. The van der Waals surface area contributed by atoms with Crippen molar-refractivity contribution in [3.63, 3.8) is 0 Å². The first kappa shape index (κ1) is 13.1. The van der Waals surface area contributed by atoms with E-state index in [1.807, 2.05) is 6.08 Å². The number of hydrogen-bond donors (Lipinski definition) is 0. The fourth-order valence-electron chi connectivity index (χ4n) is 1.05. The van der Waals surface area contributed by atoms with Gasteiger partial charge in [-0.1, -0.05) is 19.4 Å². The highest BCUT2D eigenvalue weighted by Gasteiger charge is 1.95. The van der Waals surface area contributed by atoms with E-state index < -0.39 is 0 Å². The van der Waals surface area contributed by atoms with Crippen molar-refractivity contribution in [3.8, 4) is 0 Å². The molecule has 14 heavy (non-hydrogen) atoms. The van der Waals surface area contributed by atoms with Crippen molar-refractivity contribution in [1.82, 2.24) is 0 Å². The van der Waals surface area contributed by atoms with Gasteiger partial charge in [0.25, 0.3) is 0 Å². The Balaban J connectivity index is 3.29. The molecule has 0 aromatic carbocycles. The molecule has 0 atom stereocenters. The second-order valence-corrected chi connectivity index (χ2v) is 3.30. The summed E-state index contributed by atoms with van der Waals surface area (Å²) in [6.45, 7) is 6.27. The van der Waals surface area contributed by atoms with Crippen LogP contribution in [0.1, 0.15) is 45.4 Å². The molecule has 0 bridgehead atoms. The molecule has 0 amide bonds. The van der Waals surface area contributed by atoms with Crippen LogP contribution in [0.2, 0.25) is 0 Å². The van der Waals surface area contributed by atoms with Gasteiger partial charge in [0.2, 0.25) is 0 Å². The highest BCUT2D eigenvalue weighted by atomic mass is 16.6. The number of hydrogen-bond acceptors (Lipinski definition) is 1. The first-order valence-electron chi connectivity index (χ1n) is 5.42. The molecule has 0 fully saturated rings. The molecule has 2 heteroatoms. The van der Waals surface area contributed by atoms with Crippen molar-refractivity contribution in [2.45, 2.75) is 45.4 Å². The van der Waals surface area contributed by atoms with Gasteiger partial charge in [-0.25, -0.2) is 5.11 Å². The van der Waals surface area contributed by atoms with Gasteiger partial charge in [-0.15, -0.1) is 6.58 Å². The maximum absolute atomic E-state index is 11.1. The smallest absolute Gasteiger partial charge is 0.326 e. The van der Waals surface area contributed by atoms with E-state index in [1.165, 1.54) is 0 Å². The standard InChI is InChI=1S/C12H21O2/c1-3-5-7-9-11-14-12(13)10-8-6-4-2/h3,10H,1,4-9,11H2,2H3. The van der Waals surface area contributed by atoms with Crippen molar-refractivity contribution < 1.29 is 9.84 Å². The van der Waals surface area contributed by atoms with Crippen LogP contribution in [0, 0.1) is 0 Å². The molecule has 0 N–H and O–H groups in total. The molecular weight excluding hydrogens is 176 g/mol. The van der Waals surface area contributed by atoms with E-state index in [0.29, 0.717) is 6.61 Å². The molecule has 0 spiro atoms. The topological polar surface area (TPSA) is 29.1 Å². The lowest BCUT2D eigenvalue weighted by atomic mass is 10.2. The zero-order chi connectivity index (χ0) is 10.6. The Morgan fingerprint density at radius 2 is 2.07 bits per heavy atom. The van der Waals surface area contributed by atoms with Gasteiger partial charge in [0, 0.05) is 6.08 Å². The van der Waals surface area contributed by atoms with Gasteiger partial charge in [-0.3, -0.25) is 0 Å². The van der Waals surface area contributed by atoms with Crippen LogP contribution in [0.5, 0.6) is 0 Å². The van der Waals surface area contributed by atoms with Gasteiger partial charge in [0.05, 0.1) is 6.61 Å². The van der Waals surface area contributed by atoms with Crippen LogP contribution in [0.15, 0.2) is 24.7 Å². The van der Waals surface area contributed by atoms with Crippen molar-refractivity contribution in [2.75, 3.05) is 6.61 Å². The predicted octanol–water partition coefficient (Wildman–Crippen LogP) is 3.82. The Morgan fingerprint density at radius 3 is 2.71 bits per heavy atom. The molecule has 0 aromatic rings. The molecule has 2 nitrogen and oxygen atoms in total. The van der Waals surface area contributed by atoms with E-state index >= 15 is 0 Å². The van der Waals surface area contributed by atoms with Gasteiger partial charge in [0.1, 0.15) is 0 Å². The normalized spacial score (nSPS) is 11.4. The van der Waals surface area contributed by atoms with Gasteiger partial charge in [-0.05, 0) is 32.1 Å². The van der Waals surface area contributed by atoms with Gasteiger partial charge in [0.15, 0.2) is 0 Å². The summed E-state index contributed by atoms with van der Waals surface area (Å²) >= 11 is 0. The van der Waals surface area contributed by atoms with E-state index in [-0.39, 0.29) is 5.95 Å². The van der Waals surface area contributed by atoms with E-state index in [9.17, 15) is 5.11 Å². The summed E-state index contributed by atoms with van der Waals surface area (Å²) in [5.41, 5.74) is 0.